The standard InChI is InChI=1S/C15H21IN2OS/c1-3-9-15(10-4-2,13(17)20)14(19)18-12-7-5-11(16)6-8-12/h5-8H,3-4,9-10H2,1-2H3,(H2,17,20)(H,18,19). The number of carbonyl (C=O) groups is 1. The van der Waals surface area contributed by atoms with Gasteiger partial charge in [-0.15, -0.1) is 0 Å². The van der Waals surface area contributed by atoms with Crippen LogP contribution in [0.3, 0.4) is 0 Å². The summed E-state index contributed by atoms with van der Waals surface area (Å²) in [6.07, 6.45) is 3.12. The van der Waals surface area contributed by atoms with Crippen LogP contribution < -0.4 is 11.1 Å². The molecule has 0 heterocycles. The fraction of sp³-hybridized carbons (Fsp3) is 0.467. The highest BCUT2D eigenvalue weighted by molar-refractivity contribution is 14.1. The van der Waals surface area contributed by atoms with Crippen LogP contribution >= 0.6 is 34.8 Å². The van der Waals surface area contributed by atoms with Crippen LogP contribution in [0, 0.1) is 8.99 Å². The Bertz CT molecular complexity index is 467. The Morgan fingerprint density at radius 1 is 1.25 bits per heavy atom. The average Bonchev–Trinajstić information content (AvgIpc) is 2.40. The fourth-order valence-electron chi connectivity index (χ4n) is 2.35. The van der Waals surface area contributed by atoms with E-state index in [0.29, 0.717) is 17.8 Å². The minimum atomic E-state index is -0.734. The van der Waals surface area contributed by atoms with Gasteiger partial charge < -0.3 is 11.1 Å². The summed E-state index contributed by atoms with van der Waals surface area (Å²) in [6, 6.07) is 7.69. The first kappa shape index (κ1) is 17.4. The van der Waals surface area contributed by atoms with Crippen molar-refractivity contribution in [3.05, 3.63) is 27.8 Å². The van der Waals surface area contributed by atoms with Crippen LogP contribution in [-0.4, -0.2) is 10.9 Å². The molecule has 0 aliphatic rings. The van der Waals surface area contributed by atoms with Crippen LogP contribution in [0.15, 0.2) is 24.3 Å². The molecule has 0 aliphatic heterocycles. The van der Waals surface area contributed by atoms with Crippen molar-refractivity contribution in [2.24, 2.45) is 11.1 Å². The number of amides is 1. The lowest BCUT2D eigenvalue weighted by Crippen LogP contribution is -2.46. The van der Waals surface area contributed by atoms with Crippen molar-refractivity contribution < 1.29 is 4.79 Å². The average molecular weight is 404 g/mol. The number of carbonyl (C=O) groups excluding carboxylic acids is 1. The molecule has 0 aromatic heterocycles. The molecule has 20 heavy (non-hydrogen) atoms. The third kappa shape index (κ3) is 4.15. The number of benzene rings is 1. The molecule has 0 saturated heterocycles. The van der Waals surface area contributed by atoms with Gasteiger partial charge in [0.05, 0.1) is 10.4 Å². The van der Waals surface area contributed by atoms with Crippen LogP contribution in [-0.2, 0) is 4.79 Å². The van der Waals surface area contributed by atoms with Crippen LogP contribution in [0.25, 0.3) is 0 Å². The molecular weight excluding hydrogens is 383 g/mol. The van der Waals surface area contributed by atoms with Gasteiger partial charge in [-0.3, -0.25) is 4.79 Å². The summed E-state index contributed by atoms with van der Waals surface area (Å²) in [6.45, 7) is 4.09. The third-order valence-electron chi connectivity index (χ3n) is 3.36. The molecule has 0 atom stereocenters. The second-order valence-electron chi connectivity index (χ2n) is 4.91. The van der Waals surface area contributed by atoms with Crippen LogP contribution in [0.5, 0.6) is 0 Å². The van der Waals surface area contributed by atoms with Crippen molar-refractivity contribution in [1.29, 1.82) is 0 Å². The zero-order valence-electron chi connectivity index (χ0n) is 11.9. The Morgan fingerprint density at radius 3 is 2.15 bits per heavy atom. The number of hydrogen-bond acceptors (Lipinski definition) is 2. The zero-order valence-corrected chi connectivity index (χ0v) is 14.9. The second kappa shape index (κ2) is 7.93. The number of rotatable bonds is 7. The first-order chi connectivity index (χ1) is 9.46. The summed E-state index contributed by atoms with van der Waals surface area (Å²) < 4.78 is 1.13. The first-order valence-corrected chi connectivity index (χ1v) is 8.32. The summed E-state index contributed by atoms with van der Waals surface area (Å²) in [5, 5.41) is 2.95. The summed E-state index contributed by atoms with van der Waals surface area (Å²) in [5.41, 5.74) is 5.94. The topological polar surface area (TPSA) is 55.1 Å². The Hall–Kier alpha value is -0.690. The van der Waals surface area contributed by atoms with E-state index in [1.807, 2.05) is 38.1 Å². The zero-order chi connectivity index (χ0) is 15.2. The maximum Gasteiger partial charge on any atom is 0.237 e. The smallest absolute Gasteiger partial charge is 0.237 e. The maximum absolute atomic E-state index is 12.7. The van der Waals surface area contributed by atoms with E-state index < -0.39 is 5.41 Å². The molecule has 3 N–H and O–H groups in total. The van der Waals surface area contributed by atoms with Gasteiger partial charge in [-0.2, -0.15) is 0 Å². The van der Waals surface area contributed by atoms with Gasteiger partial charge in [0.15, 0.2) is 0 Å². The predicted molar refractivity (Wildman–Crippen MR) is 96.8 cm³/mol. The van der Waals surface area contributed by atoms with Crippen LogP contribution in [0.1, 0.15) is 39.5 Å². The molecule has 0 unspecified atom stereocenters. The van der Waals surface area contributed by atoms with Crippen molar-refractivity contribution in [3.63, 3.8) is 0 Å². The molecule has 1 rings (SSSR count). The van der Waals surface area contributed by atoms with E-state index in [0.717, 1.165) is 22.1 Å². The molecule has 0 spiro atoms. The van der Waals surface area contributed by atoms with Crippen LogP contribution in [0.4, 0.5) is 5.69 Å². The molecule has 1 aromatic rings. The molecule has 0 aliphatic carbocycles. The lowest BCUT2D eigenvalue weighted by Gasteiger charge is -2.31. The van der Waals surface area contributed by atoms with Gasteiger partial charge >= 0.3 is 0 Å². The second-order valence-corrected chi connectivity index (χ2v) is 6.59. The highest BCUT2D eigenvalue weighted by Gasteiger charge is 2.39. The largest absolute Gasteiger partial charge is 0.392 e. The van der Waals surface area contributed by atoms with Gasteiger partial charge in [0, 0.05) is 9.26 Å². The van der Waals surface area contributed by atoms with E-state index in [-0.39, 0.29) is 5.91 Å². The van der Waals surface area contributed by atoms with E-state index in [1.54, 1.807) is 0 Å². The lowest BCUT2D eigenvalue weighted by atomic mass is 9.78. The van der Waals surface area contributed by atoms with Crippen molar-refractivity contribution in [2.75, 3.05) is 5.32 Å². The molecule has 110 valence electrons. The minimum absolute atomic E-state index is 0.0880. The Kier molecular flexibility index (Phi) is 6.88. The van der Waals surface area contributed by atoms with E-state index in [1.165, 1.54) is 0 Å². The number of hydrogen-bond donors (Lipinski definition) is 2. The molecule has 3 nitrogen and oxygen atoms in total. The van der Waals surface area contributed by atoms with Gasteiger partial charge in [-0.05, 0) is 59.7 Å². The molecule has 0 radical (unpaired) electrons. The number of anilines is 1. The number of nitrogens with one attached hydrogen (secondary N) is 1. The summed E-state index contributed by atoms with van der Waals surface area (Å²) in [7, 11) is 0. The van der Waals surface area contributed by atoms with Crippen molar-refractivity contribution >= 4 is 51.4 Å². The molecule has 1 amide bonds. The summed E-state index contributed by atoms with van der Waals surface area (Å²) >= 11 is 7.42. The highest BCUT2D eigenvalue weighted by atomic mass is 127. The predicted octanol–water partition coefficient (Wildman–Crippen LogP) is 4.10. The van der Waals surface area contributed by atoms with E-state index >= 15 is 0 Å². The Morgan fingerprint density at radius 2 is 1.75 bits per heavy atom. The third-order valence-corrected chi connectivity index (χ3v) is 4.47. The van der Waals surface area contributed by atoms with Gasteiger partial charge in [0.2, 0.25) is 5.91 Å². The number of nitrogens with two attached hydrogens (primary N) is 1. The van der Waals surface area contributed by atoms with Crippen molar-refractivity contribution in [2.45, 2.75) is 39.5 Å². The molecule has 0 saturated carbocycles. The van der Waals surface area contributed by atoms with E-state index in [4.69, 9.17) is 18.0 Å². The first-order valence-electron chi connectivity index (χ1n) is 6.83. The Labute approximate surface area is 139 Å². The van der Waals surface area contributed by atoms with E-state index in [2.05, 4.69) is 27.9 Å². The normalized spacial score (nSPS) is 11.2. The number of thiocarbonyl (C=S) groups is 1. The van der Waals surface area contributed by atoms with Crippen molar-refractivity contribution in [3.8, 4) is 0 Å². The summed E-state index contributed by atoms with van der Waals surface area (Å²) in [4.78, 5) is 13.0. The fourth-order valence-corrected chi connectivity index (χ4v) is 3.00. The summed E-state index contributed by atoms with van der Waals surface area (Å²) in [5.74, 6) is -0.0880. The molecule has 5 heteroatoms. The number of halogens is 1. The van der Waals surface area contributed by atoms with Gasteiger partial charge in [-0.1, -0.05) is 38.9 Å². The quantitative estimate of drug-likeness (QED) is 0.532. The monoisotopic (exact) mass is 404 g/mol. The maximum atomic E-state index is 12.7. The van der Waals surface area contributed by atoms with Gasteiger partial charge in [-0.25, -0.2) is 0 Å². The van der Waals surface area contributed by atoms with Gasteiger partial charge in [0.1, 0.15) is 0 Å². The highest BCUT2D eigenvalue weighted by Crippen LogP contribution is 2.32. The molecule has 0 fully saturated rings. The molecule has 1 aromatic carbocycles. The molecular formula is C15H21IN2OS. The molecule has 0 bridgehead atoms. The lowest BCUT2D eigenvalue weighted by molar-refractivity contribution is -0.122. The van der Waals surface area contributed by atoms with Crippen LogP contribution in [0.2, 0.25) is 0 Å². The Balaban J connectivity index is 2.98. The minimum Gasteiger partial charge on any atom is -0.392 e. The van der Waals surface area contributed by atoms with Gasteiger partial charge in [0.25, 0.3) is 0 Å². The van der Waals surface area contributed by atoms with Crippen molar-refractivity contribution in [1.82, 2.24) is 0 Å². The van der Waals surface area contributed by atoms with E-state index in [9.17, 15) is 4.79 Å². The SMILES string of the molecule is CCCC(CCC)(C(=O)Nc1ccc(I)cc1)C(N)=S.